The molecule has 2 amide bonds. The largest absolute Gasteiger partial charge is 0.494 e. The molecule has 0 bridgehead atoms. The van der Waals surface area contributed by atoms with Gasteiger partial charge in [0, 0.05) is 19.2 Å². The third-order valence-electron chi connectivity index (χ3n) is 4.53. The van der Waals surface area contributed by atoms with Crippen molar-refractivity contribution in [3.63, 3.8) is 0 Å². The van der Waals surface area contributed by atoms with Crippen molar-refractivity contribution >= 4 is 46.1 Å². The molecule has 0 aliphatic carbocycles. The molecule has 0 radical (unpaired) electrons. The molecule has 0 aromatic heterocycles. The van der Waals surface area contributed by atoms with E-state index in [-0.39, 0.29) is 24.8 Å². The summed E-state index contributed by atoms with van der Waals surface area (Å²) >= 11 is 1.21. The number of carbonyl (C=O) groups is 3. The summed E-state index contributed by atoms with van der Waals surface area (Å²) in [6, 6.07) is 13.6. The Hall–Kier alpha value is -3.33. The summed E-state index contributed by atoms with van der Waals surface area (Å²) in [6.07, 6.45) is 0.0544. The fourth-order valence-electron chi connectivity index (χ4n) is 2.85. The van der Waals surface area contributed by atoms with Gasteiger partial charge < -0.3 is 14.8 Å². The molecule has 1 heterocycles. The second-order valence-corrected chi connectivity index (χ2v) is 7.79. The van der Waals surface area contributed by atoms with Crippen molar-refractivity contribution in [3.05, 3.63) is 54.1 Å². The Kier molecular flexibility index (Phi) is 7.30. The summed E-state index contributed by atoms with van der Waals surface area (Å²) in [6.45, 7) is 2.02. The molecule has 1 atom stereocenters. The second-order valence-electron chi connectivity index (χ2n) is 6.62. The van der Waals surface area contributed by atoms with E-state index in [1.807, 2.05) is 12.1 Å². The highest BCUT2D eigenvalue weighted by atomic mass is 32.2. The summed E-state index contributed by atoms with van der Waals surface area (Å²) in [5, 5.41) is 2.57. The van der Waals surface area contributed by atoms with Gasteiger partial charge in [0.05, 0.1) is 19.3 Å². The zero-order chi connectivity index (χ0) is 22.4. The highest BCUT2D eigenvalue weighted by Gasteiger charge is 2.34. The van der Waals surface area contributed by atoms with E-state index in [1.165, 1.54) is 16.7 Å². The van der Waals surface area contributed by atoms with Crippen molar-refractivity contribution in [1.29, 1.82) is 0 Å². The minimum atomic E-state index is -0.637. The Balaban J connectivity index is 1.73. The summed E-state index contributed by atoms with van der Waals surface area (Å²) in [4.78, 5) is 43.0. The number of rotatable bonds is 6. The molecule has 0 spiro atoms. The van der Waals surface area contributed by atoms with Gasteiger partial charge in [0.2, 0.25) is 11.8 Å². The molecule has 1 saturated heterocycles. The quantitative estimate of drug-likeness (QED) is 0.690. The van der Waals surface area contributed by atoms with Crippen molar-refractivity contribution in [3.8, 4) is 5.75 Å². The van der Waals surface area contributed by atoms with E-state index in [9.17, 15) is 14.4 Å². The zero-order valence-corrected chi connectivity index (χ0v) is 18.3. The fraction of sp³-hybridized carbons (Fsp3) is 0.273. The second kappa shape index (κ2) is 10.1. The van der Waals surface area contributed by atoms with E-state index in [2.05, 4.69) is 10.3 Å². The first-order chi connectivity index (χ1) is 14.9. The van der Waals surface area contributed by atoms with Gasteiger partial charge >= 0.3 is 5.97 Å². The van der Waals surface area contributed by atoms with E-state index in [0.717, 1.165) is 0 Å². The molecule has 0 saturated carbocycles. The van der Waals surface area contributed by atoms with Gasteiger partial charge in [-0.2, -0.15) is 0 Å². The number of amides is 2. The first-order valence-electron chi connectivity index (χ1n) is 9.66. The molecule has 1 N–H and O–H groups in total. The maximum absolute atomic E-state index is 12.8. The standard InChI is InChI=1S/C22H23N3O5S/c1-4-30-21(28)14-9-11-15(12-10-14)23-20(27)18-13-19(26)25(2)22(31-18)24-16-7-5-6-8-17(16)29-3/h5-12,18H,4,13H2,1-3H3,(H,23,27)/t18-/m1/s1. The third-order valence-corrected chi connectivity index (χ3v) is 5.77. The van der Waals surface area contributed by atoms with E-state index in [0.29, 0.717) is 27.9 Å². The summed E-state index contributed by atoms with van der Waals surface area (Å²) < 4.78 is 10.3. The average molecular weight is 442 g/mol. The maximum Gasteiger partial charge on any atom is 0.338 e. The predicted octanol–water partition coefficient (Wildman–Crippen LogP) is 3.46. The minimum absolute atomic E-state index is 0.0544. The lowest BCUT2D eigenvalue weighted by Gasteiger charge is -2.29. The normalized spacial score (nSPS) is 17.4. The van der Waals surface area contributed by atoms with E-state index in [1.54, 1.807) is 57.5 Å². The van der Waals surface area contributed by atoms with Crippen LogP contribution in [0.4, 0.5) is 11.4 Å². The number of methoxy groups -OCH3 is 1. The number of carbonyl (C=O) groups excluding carboxylic acids is 3. The lowest BCUT2D eigenvalue weighted by Crippen LogP contribution is -2.43. The molecule has 1 aliphatic heterocycles. The van der Waals surface area contributed by atoms with Gasteiger partial charge in [0.1, 0.15) is 16.7 Å². The molecule has 2 aromatic rings. The topological polar surface area (TPSA) is 97.3 Å². The Morgan fingerprint density at radius 1 is 1.19 bits per heavy atom. The summed E-state index contributed by atoms with van der Waals surface area (Å²) in [7, 11) is 3.18. The molecular weight excluding hydrogens is 418 g/mol. The number of amidine groups is 1. The lowest BCUT2D eigenvalue weighted by atomic mass is 10.2. The van der Waals surface area contributed by atoms with Crippen LogP contribution in [0.15, 0.2) is 53.5 Å². The van der Waals surface area contributed by atoms with Gasteiger partial charge in [-0.15, -0.1) is 0 Å². The van der Waals surface area contributed by atoms with Gasteiger partial charge in [-0.05, 0) is 43.3 Å². The van der Waals surface area contributed by atoms with Crippen molar-refractivity contribution in [1.82, 2.24) is 4.90 Å². The number of para-hydroxylation sites is 2. The van der Waals surface area contributed by atoms with Crippen LogP contribution < -0.4 is 10.1 Å². The van der Waals surface area contributed by atoms with Crippen LogP contribution in [0.2, 0.25) is 0 Å². The van der Waals surface area contributed by atoms with Gasteiger partial charge in [-0.1, -0.05) is 23.9 Å². The van der Waals surface area contributed by atoms with Crippen LogP contribution in [-0.4, -0.2) is 53.9 Å². The Morgan fingerprint density at radius 2 is 1.90 bits per heavy atom. The Bertz CT molecular complexity index is 1010. The van der Waals surface area contributed by atoms with E-state index < -0.39 is 11.2 Å². The number of hydrogen-bond acceptors (Lipinski definition) is 7. The monoisotopic (exact) mass is 441 g/mol. The molecule has 8 nitrogen and oxygen atoms in total. The smallest absolute Gasteiger partial charge is 0.338 e. The maximum atomic E-state index is 12.8. The lowest BCUT2D eigenvalue weighted by molar-refractivity contribution is -0.128. The molecule has 1 fully saturated rings. The number of nitrogens with one attached hydrogen (secondary N) is 1. The molecule has 9 heteroatoms. The van der Waals surface area contributed by atoms with Crippen LogP contribution in [0.3, 0.4) is 0 Å². The SMILES string of the molecule is CCOC(=O)c1ccc(NC(=O)[C@H]2CC(=O)N(C)C(=Nc3ccccc3OC)S2)cc1. The van der Waals surface area contributed by atoms with Crippen LogP contribution in [0.5, 0.6) is 5.75 Å². The number of hydrogen-bond donors (Lipinski definition) is 1. The first-order valence-corrected chi connectivity index (χ1v) is 10.5. The fourth-order valence-corrected chi connectivity index (χ4v) is 3.91. The van der Waals surface area contributed by atoms with Gasteiger partial charge in [0.15, 0.2) is 5.17 Å². The zero-order valence-electron chi connectivity index (χ0n) is 17.5. The van der Waals surface area contributed by atoms with Gasteiger partial charge in [0.25, 0.3) is 0 Å². The highest BCUT2D eigenvalue weighted by molar-refractivity contribution is 8.15. The average Bonchev–Trinajstić information content (AvgIpc) is 2.77. The van der Waals surface area contributed by atoms with E-state index >= 15 is 0 Å². The molecule has 31 heavy (non-hydrogen) atoms. The first kappa shape index (κ1) is 22.4. The molecule has 1 aliphatic rings. The van der Waals surface area contributed by atoms with Crippen LogP contribution in [0.1, 0.15) is 23.7 Å². The van der Waals surface area contributed by atoms with Crippen molar-refractivity contribution in [2.75, 3.05) is 26.1 Å². The van der Waals surface area contributed by atoms with Gasteiger partial charge in [-0.3, -0.25) is 14.5 Å². The van der Waals surface area contributed by atoms with Crippen LogP contribution >= 0.6 is 11.8 Å². The number of ether oxygens (including phenoxy) is 2. The molecule has 2 aromatic carbocycles. The Labute approximate surface area is 184 Å². The van der Waals surface area contributed by atoms with Crippen molar-refractivity contribution in [2.24, 2.45) is 4.99 Å². The Morgan fingerprint density at radius 3 is 2.58 bits per heavy atom. The number of thioether (sulfide) groups is 1. The molecule has 3 rings (SSSR count). The van der Waals surface area contributed by atoms with E-state index in [4.69, 9.17) is 9.47 Å². The van der Waals surface area contributed by atoms with Crippen molar-refractivity contribution in [2.45, 2.75) is 18.6 Å². The minimum Gasteiger partial charge on any atom is -0.494 e. The number of aliphatic imine (C=N–C) groups is 1. The van der Waals surface area contributed by atoms with Crippen LogP contribution in [0.25, 0.3) is 0 Å². The third kappa shape index (κ3) is 5.43. The predicted molar refractivity (Wildman–Crippen MR) is 120 cm³/mol. The number of esters is 1. The molecule has 0 unspecified atom stereocenters. The van der Waals surface area contributed by atoms with Crippen LogP contribution in [0, 0.1) is 0 Å². The van der Waals surface area contributed by atoms with Crippen molar-refractivity contribution < 1.29 is 23.9 Å². The molecular formula is C22H23N3O5S. The summed E-state index contributed by atoms with van der Waals surface area (Å²) in [5.41, 5.74) is 1.49. The number of anilines is 1. The highest BCUT2D eigenvalue weighted by Crippen LogP contribution is 2.32. The number of nitrogens with zero attached hydrogens (tertiary/aromatic N) is 2. The van der Waals surface area contributed by atoms with Gasteiger partial charge in [-0.25, -0.2) is 9.79 Å². The summed E-state index contributed by atoms with van der Waals surface area (Å²) in [5.74, 6) is -0.368. The van der Waals surface area contributed by atoms with Crippen LogP contribution in [-0.2, 0) is 14.3 Å². The number of benzene rings is 2. The molecule has 162 valence electrons.